The first-order valence-electron chi connectivity index (χ1n) is 31.7. The van der Waals surface area contributed by atoms with E-state index in [9.17, 15) is 0 Å². The van der Waals surface area contributed by atoms with Gasteiger partial charge in [0.2, 0.25) is 0 Å². The lowest BCUT2D eigenvalue weighted by Crippen LogP contribution is -2.26. The molecule has 6 aromatic heterocycles. The van der Waals surface area contributed by atoms with Gasteiger partial charge in [0.05, 0.1) is 48.2 Å². The molecular formula is C69H121N15S. The summed E-state index contributed by atoms with van der Waals surface area (Å²) in [7, 11) is 6.21. The smallest absolute Gasteiger partial charge is 0.183 e. The van der Waals surface area contributed by atoms with E-state index in [1.165, 1.54) is 17.0 Å². The highest BCUT2D eigenvalue weighted by atomic mass is 32.1. The lowest BCUT2D eigenvalue weighted by Gasteiger charge is -2.23. The Morgan fingerprint density at radius 2 is 0.871 bits per heavy atom. The predicted molar refractivity (Wildman–Crippen MR) is 371 cm³/mol. The molecule has 0 fully saturated rings. The minimum absolute atomic E-state index is 0.403. The Hall–Kier alpha value is -5.90. The third-order valence-electron chi connectivity index (χ3n) is 12.6. The minimum atomic E-state index is 0.403. The third kappa shape index (κ3) is 36.0. The first kappa shape index (κ1) is 77.1. The van der Waals surface area contributed by atoms with Crippen LogP contribution in [0.2, 0.25) is 0 Å². The first-order chi connectivity index (χ1) is 39.7. The van der Waals surface area contributed by atoms with Crippen LogP contribution in [0.4, 0.5) is 34.2 Å². The van der Waals surface area contributed by atoms with Crippen molar-refractivity contribution in [3.8, 4) is 0 Å². The SMILES string of the molecule is CC(C)Cc1ccc(N(C)C(C)C)nc1.CC(C)Cc1cccc(N(C)C(C)C)n1.CC(C)Cc1cnc(N(C)C(C)C)cn1.CC(C)Cc1cnc(NC(C)C)cn1.CC(C)Cc1csc(NC(C)C)n1.CC(C)Cn1cnc(NC(C)C)c1. The summed E-state index contributed by atoms with van der Waals surface area (Å²) < 4.78 is 2.12. The maximum absolute atomic E-state index is 4.66. The third-order valence-corrected chi connectivity index (χ3v) is 13.4. The number of imidazole rings is 1. The molecule has 0 aliphatic rings. The Bertz CT molecular complexity index is 2380. The average molecular weight is 1190 g/mol. The monoisotopic (exact) mass is 1190 g/mol. The lowest BCUT2D eigenvalue weighted by molar-refractivity contribution is 0.523. The number of aromatic nitrogens is 9. The summed E-state index contributed by atoms with van der Waals surface area (Å²) in [5.74, 6) is 8.87. The zero-order chi connectivity index (χ0) is 64.5. The Balaban J connectivity index is 0.000000510. The molecule has 478 valence electrons. The molecule has 0 unspecified atom stereocenters. The maximum Gasteiger partial charge on any atom is 0.183 e. The van der Waals surface area contributed by atoms with Crippen molar-refractivity contribution in [2.75, 3.05) is 51.8 Å². The number of hydrogen-bond donors (Lipinski definition) is 3. The molecule has 85 heavy (non-hydrogen) atoms. The van der Waals surface area contributed by atoms with E-state index in [4.69, 9.17) is 0 Å². The van der Waals surface area contributed by atoms with E-state index in [0.29, 0.717) is 71.8 Å². The van der Waals surface area contributed by atoms with Crippen molar-refractivity contribution in [1.29, 1.82) is 0 Å². The molecule has 6 aromatic rings. The number of hydrogen-bond acceptors (Lipinski definition) is 15. The van der Waals surface area contributed by atoms with Crippen molar-refractivity contribution < 1.29 is 0 Å². The fraction of sp³-hybridized carbons (Fsp3) is 0.652. The number of anilines is 6. The lowest BCUT2D eigenvalue weighted by atomic mass is 10.1. The summed E-state index contributed by atoms with van der Waals surface area (Å²) in [5, 5.41) is 13.0. The van der Waals surface area contributed by atoms with E-state index < -0.39 is 0 Å². The van der Waals surface area contributed by atoms with Crippen LogP contribution in [0.15, 0.2) is 79.2 Å². The van der Waals surface area contributed by atoms with Gasteiger partial charge in [-0.15, -0.1) is 11.3 Å². The summed E-state index contributed by atoms with van der Waals surface area (Å²) in [6, 6.07) is 13.3. The number of nitrogens with one attached hydrogen (secondary N) is 3. The van der Waals surface area contributed by atoms with Crippen molar-refractivity contribution >= 4 is 45.6 Å². The fourth-order valence-corrected chi connectivity index (χ4v) is 8.76. The molecule has 0 spiro atoms. The van der Waals surface area contributed by atoms with Gasteiger partial charge >= 0.3 is 0 Å². The van der Waals surface area contributed by atoms with E-state index in [0.717, 1.165) is 84.3 Å². The van der Waals surface area contributed by atoms with E-state index in [2.05, 4.69) is 297 Å². The highest BCUT2D eigenvalue weighted by Gasteiger charge is 2.11. The maximum atomic E-state index is 4.66. The van der Waals surface area contributed by atoms with Crippen molar-refractivity contribution in [2.45, 2.75) is 241 Å². The van der Waals surface area contributed by atoms with Crippen LogP contribution >= 0.6 is 11.3 Å². The summed E-state index contributed by atoms with van der Waals surface area (Å²) in [5.41, 5.74) is 5.87. The molecule has 0 radical (unpaired) electrons. The summed E-state index contributed by atoms with van der Waals surface area (Å²) in [6.07, 6.45) is 18.6. The van der Waals surface area contributed by atoms with Crippen LogP contribution in [0.5, 0.6) is 0 Å². The fourth-order valence-electron chi connectivity index (χ4n) is 7.89. The zero-order valence-corrected chi connectivity index (χ0v) is 59.3. The normalized spacial score (nSPS) is 11.1. The van der Waals surface area contributed by atoms with Gasteiger partial charge in [0.15, 0.2) is 5.13 Å². The molecule has 15 nitrogen and oxygen atoms in total. The van der Waals surface area contributed by atoms with Crippen molar-refractivity contribution in [3.63, 3.8) is 0 Å². The van der Waals surface area contributed by atoms with Crippen LogP contribution in [0.1, 0.15) is 195 Å². The molecule has 16 heteroatoms. The molecule has 0 bridgehead atoms. The van der Waals surface area contributed by atoms with Crippen LogP contribution in [-0.4, -0.2) is 102 Å². The van der Waals surface area contributed by atoms with Gasteiger partial charge in [-0.05, 0) is 174 Å². The minimum Gasteiger partial charge on any atom is -0.367 e. The van der Waals surface area contributed by atoms with Crippen LogP contribution in [0.25, 0.3) is 0 Å². The Labute approximate surface area is 523 Å². The van der Waals surface area contributed by atoms with Crippen molar-refractivity contribution in [1.82, 2.24) is 44.4 Å². The molecule has 0 saturated carbocycles. The van der Waals surface area contributed by atoms with Gasteiger partial charge in [-0.1, -0.05) is 95.2 Å². The Morgan fingerprint density at radius 1 is 0.400 bits per heavy atom. The molecule has 6 heterocycles. The molecule has 0 saturated heterocycles. The number of pyridine rings is 2. The topological polar surface area (TPSA) is 154 Å². The summed E-state index contributed by atoms with van der Waals surface area (Å²) in [6.45, 7) is 53.2. The van der Waals surface area contributed by atoms with Gasteiger partial charge in [0.1, 0.15) is 29.1 Å². The van der Waals surface area contributed by atoms with Gasteiger partial charge < -0.3 is 35.2 Å². The molecular weight excluding hydrogens is 1070 g/mol. The van der Waals surface area contributed by atoms with Crippen LogP contribution in [0, 0.1) is 35.5 Å². The van der Waals surface area contributed by atoms with Gasteiger partial charge in [-0.2, -0.15) is 0 Å². The van der Waals surface area contributed by atoms with E-state index in [1.807, 2.05) is 38.2 Å². The number of rotatable bonds is 24. The largest absolute Gasteiger partial charge is 0.367 e. The highest BCUT2D eigenvalue weighted by Crippen LogP contribution is 2.20. The van der Waals surface area contributed by atoms with E-state index >= 15 is 0 Å². The molecule has 0 atom stereocenters. The second-order valence-electron chi connectivity index (χ2n) is 26.8. The van der Waals surface area contributed by atoms with Gasteiger partial charge in [0, 0.05) is 87.4 Å². The van der Waals surface area contributed by atoms with Crippen LogP contribution in [-0.2, 0) is 38.6 Å². The van der Waals surface area contributed by atoms with Gasteiger partial charge in [0.25, 0.3) is 0 Å². The van der Waals surface area contributed by atoms with Gasteiger partial charge in [-0.3, -0.25) is 9.97 Å². The molecule has 3 N–H and O–H groups in total. The molecule has 0 aromatic carbocycles. The first-order valence-corrected chi connectivity index (χ1v) is 32.6. The van der Waals surface area contributed by atoms with Crippen LogP contribution in [0.3, 0.4) is 0 Å². The van der Waals surface area contributed by atoms with E-state index in [-0.39, 0.29) is 0 Å². The molecule has 0 aliphatic heterocycles. The second-order valence-corrected chi connectivity index (χ2v) is 27.6. The average Bonchev–Trinajstić information content (AvgIpc) is 4.31. The Kier molecular flexibility index (Phi) is 37.4. The Morgan fingerprint density at radius 3 is 1.32 bits per heavy atom. The van der Waals surface area contributed by atoms with Crippen LogP contribution < -0.4 is 30.7 Å². The molecule has 0 amide bonds. The van der Waals surface area contributed by atoms with Gasteiger partial charge in [-0.25, -0.2) is 29.9 Å². The standard InChI is InChI=1S/2C13H22N2.C12H21N3.C11H19N3.C10H19N3.C10H18N2S/c1-10(2)8-12-6-7-13(14-9-12)15(5)11(3)4;1-10(2)9-12-7-6-8-13(14-12)15(5)11(3)4;1-9(2)6-11-7-14-12(8-13-11)15(5)10(3)4;1-8(2)5-10-6-13-11(7-12-10)14-9(3)4;1-8(2)5-13-6-10(11-7-13)12-9(3)4;1-7(2)5-9-6-13-10(12-9)11-8(3)4/h6-7,9-11H,8H2,1-5H3;6-8,10-11H,9H2,1-5H3;7-10H,6H2,1-5H3;6-9H,5H2,1-4H3,(H,13,14);6-9,12H,5H2,1-4H3;6-8H,5H2,1-4H3,(H,11,12). The zero-order valence-electron chi connectivity index (χ0n) is 58.5. The highest BCUT2D eigenvalue weighted by molar-refractivity contribution is 7.13. The molecule has 6 rings (SSSR count). The predicted octanol–water partition coefficient (Wildman–Crippen LogP) is 16.8. The molecule has 0 aliphatic carbocycles. The number of thiazole rings is 1. The van der Waals surface area contributed by atoms with Crippen molar-refractivity contribution in [2.24, 2.45) is 35.5 Å². The summed E-state index contributed by atoms with van der Waals surface area (Å²) in [4.78, 5) is 41.9. The second kappa shape index (κ2) is 41.2. The van der Waals surface area contributed by atoms with Crippen molar-refractivity contribution in [3.05, 3.63) is 108 Å². The quantitative estimate of drug-likeness (QED) is 0.0527. The summed E-state index contributed by atoms with van der Waals surface area (Å²) >= 11 is 1.70. The number of nitrogens with zero attached hydrogens (tertiary/aromatic N) is 12. The van der Waals surface area contributed by atoms with E-state index in [1.54, 1.807) is 17.5 Å².